The molecule has 0 atom stereocenters. The van der Waals surface area contributed by atoms with Gasteiger partial charge in [0.1, 0.15) is 5.15 Å². The van der Waals surface area contributed by atoms with Gasteiger partial charge in [0.05, 0.1) is 28.2 Å². The fourth-order valence-corrected chi connectivity index (χ4v) is 2.57. The molecule has 0 bridgehead atoms. The van der Waals surface area contributed by atoms with Gasteiger partial charge in [0.2, 0.25) is 5.91 Å². The van der Waals surface area contributed by atoms with Crippen molar-refractivity contribution in [1.82, 2.24) is 15.2 Å². The molecule has 1 N–H and O–H groups in total. The van der Waals surface area contributed by atoms with Crippen molar-refractivity contribution in [2.45, 2.75) is 19.8 Å². The maximum atomic E-state index is 11.5. The summed E-state index contributed by atoms with van der Waals surface area (Å²) >= 11 is 12.5. The number of para-hydroxylation sites is 1. The molecule has 1 amide bonds. The Morgan fingerprint density at radius 2 is 2.14 bits per heavy atom. The Balaban J connectivity index is 1.85. The van der Waals surface area contributed by atoms with E-state index in [0.29, 0.717) is 27.1 Å². The third kappa shape index (κ3) is 3.00. The van der Waals surface area contributed by atoms with Gasteiger partial charge >= 0.3 is 0 Å². The van der Waals surface area contributed by atoms with Gasteiger partial charge in [0, 0.05) is 5.92 Å². The highest BCUT2D eigenvalue weighted by atomic mass is 35.5. The molecule has 1 aliphatic carbocycles. The number of nitrogens with one attached hydrogen (secondary N) is 1. The number of carbonyl (C=O) groups is 1. The minimum Gasteiger partial charge on any atom is -0.273 e. The fourth-order valence-electron chi connectivity index (χ4n) is 2.04. The van der Waals surface area contributed by atoms with E-state index in [-0.39, 0.29) is 11.8 Å². The summed E-state index contributed by atoms with van der Waals surface area (Å²) in [7, 11) is 0. The van der Waals surface area contributed by atoms with Crippen LogP contribution in [0.3, 0.4) is 0 Å². The van der Waals surface area contributed by atoms with Crippen molar-refractivity contribution >= 4 is 35.3 Å². The van der Waals surface area contributed by atoms with Crippen molar-refractivity contribution in [3.8, 4) is 5.69 Å². The SMILES string of the molecule is Cc1nn(-c2ccccc2Cl)c(Cl)c1/C=N\NC(=O)C1CC1. The van der Waals surface area contributed by atoms with Gasteiger partial charge in [0.15, 0.2) is 0 Å². The van der Waals surface area contributed by atoms with Crippen molar-refractivity contribution in [2.75, 3.05) is 0 Å². The van der Waals surface area contributed by atoms with E-state index in [1.165, 1.54) is 6.21 Å². The van der Waals surface area contributed by atoms with Gasteiger partial charge in [-0.1, -0.05) is 35.3 Å². The largest absolute Gasteiger partial charge is 0.273 e. The smallest absolute Gasteiger partial charge is 0.243 e. The molecule has 0 spiro atoms. The number of hydrazone groups is 1. The molecule has 2 aromatic rings. The Morgan fingerprint density at radius 1 is 1.41 bits per heavy atom. The number of carbonyl (C=O) groups excluding carboxylic acids is 1. The van der Waals surface area contributed by atoms with Crippen molar-refractivity contribution in [3.05, 3.63) is 45.7 Å². The number of aryl methyl sites for hydroxylation is 1. The molecule has 0 aliphatic heterocycles. The second-order valence-corrected chi connectivity index (χ2v) is 5.93. The van der Waals surface area contributed by atoms with Gasteiger partial charge < -0.3 is 0 Å². The first kappa shape index (κ1) is 15.1. The van der Waals surface area contributed by atoms with Crippen molar-refractivity contribution in [1.29, 1.82) is 0 Å². The monoisotopic (exact) mass is 336 g/mol. The molecule has 3 rings (SSSR count). The molecule has 0 saturated heterocycles. The molecular formula is C15H14Cl2N4O. The minimum atomic E-state index is -0.0523. The summed E-state index contributed by atoms with van der Waals surface area (Å²) in [5.74, 6) is 0.0584. The molecule has 0 unspecified atom stereocenters. The van der Waals surface area contributed by atoms with Crippen LogP contribution in [0.15, 0.2) is 29.4 Å². The van der Waals surface area contributed by atoms with Crippen LogP contribution in [0.2, 0.25) is 10.2 Å². The van der Waals surface area contributed by atoms with Crippen LogP contribution in [-0.4, -0.2) is 21.9 Å². The standard InChI is InChI=1S/C15H14Cl2N4O/c1-9-11(8-18-19-15(22)10-6-7-10)14(17)21(20-9)13-5-3-2-4-12(13)16/h2-5,8,10H,6-7H2,1H3,(H,19,22)/b18-8-. The van der Waals surface area contributed by atoms with Crippen molar-refractivity contribution < 1.29 is 4.79 Å². The van der Waals surface area contributed by atoms with Gasteiger partial charge in [0.25, 0.3) is 0 Å². The van der Waals surface area contributed by atoms with E-state index < -0.39 is 0 Å². The third-order valence-electron chi connectivity index (χ3n) is 3.45. The predicted octanol–water partition coefficient (Wildman–Crippen LogP) is 3.35. The molecule has 7 heteroatoms. The highest BCUT2D eigenvalue weighted by Gasteiger charge is 2.29. The van der Waals surface area contributed by atoms with Crippen LogP contribution in [-0.2, 0) is 4.79 Å². The molecule has 1 aromatic carbocycles. The fraction of sp³-hybridized carbons (Fsp3) is 0.267. The van der Waals surface area contributed by atoms with Gasteiger partial charge in [-0.15, -0.1) is 0 Å². The maximum Gasteiger partial charge on any atom is 0.243 e. The lowest BCUT2D eigenvalue weighted by molar-refractivity contribution is -0.122. The van der Waals surface area contributed by atoms with Gasteiger partial charge in [-0.25, -0.2) is 10.1 Å². The predicted molar refractivity (Wildman–Crippen MR) is 86.8 cm³/mol. The average Bonchev–Trinajstić information content (AvgIpc) is 3.30. The lowest BCUT2D eigenvalue weighted by Gasteiger charge is -2.04. The average molecular weight is 337 g/mol. The third-order valence-corrected chi connectivity index (χ3v) is 4.13. The van der Waals surface area contributed by atoms with Crippen LogP contribution in [0.1, 0.15) is 24.1 Å². The quantitative estimate of drug-likeness (QED) is 0.687. The van der Waals surface area contributed by atoms with Gasteiger partial charge in [-0.3, -0.25) is 4.79 Å². The van der Waals surface area contributed by atoms with Crippen molar-refractivity contribution in [3.63, 3.8) is 0 Å². The topological polar surface area (TPSA) is 59.3 Å². The second-order valence-electron chi connectivity index (χ2n) is 5.16. The van der Waals surface area contributed by atoms with Crippen molar-refractivity contribution in [2.24, 2.45) is 11.0 Å². The Bertz CT molecular complexity index is 750. The number of aromatic nitrogens is 2. The lowest BCUT2D eigenvalue weighted by Crippen LogP contribution is -2.19. The lowest BCUT2D eigenvalue weighted by atomic mass is 10.3. The number of benzene rings is 1. The number of amides is 1. The molecule has 0 radical (unpaired) electrons. The number of halogens is 2. The molecule has 114 valence electrons. The highest BCUT2D eigenvalue weighted by Crippen LogP contribution is 2.29. The zero-order chi connectivity index (χ0) is 15.7. The van der Waals surface area contributed by atoms with Crippen LogP contribution in [0.25, 0.3) is 5.69 Å². The van der Waals surface area contributed by atoms with E-state index in [4.69, 9.17) is 23.2 Å². The minimum absolute atomic E-state index is 0.0523. The Hall–Kier alpha value is -1.85. The van der Waals surface area contributed by atoms with Crippen LogP contribution < -0.4 is 5.43 Å². The van der Waals surface area contributed by atoms with E-state index in [0.717, 1.165) is 12.8 Å². The summed E-state index contributed by atoms with van der Waals surface area (Å²) < 4.78 is 1.56. The number of hydrogen-bond donors (Lipinski definition) is 1. The Kier molecular flexibility index (Phi) is 4.18. The second kappa shape index (κ2) is 6.10. The van der Waals surface area contributed by atoms with E-state index in [2.05, 4.69) is 15.6 Å². The zero-order valence-electron chi connectivity index (χ0n) is 11.9. The van der Waals surface area contributed by atoms with Crippen LogP contribution in [0.5, 0.6) is 0 Å². The summed E-state index contributed by atoms with van der Waals surface area (Å²) in [5, 5.41) is 9.29. The van der Waals surface area contributed by atoms with Crippen LogP contribution >= 0.6 is 23.2 Å². The molecule has 1 aliphatic rings. The summed E-state index contributed by atoms with van der Waals surface area (Å²) in [4.78, 5) is 11.5. The molecule has 1 fully saturated rings. The Labute approximate surface area is 137 Å². The molecule has 22 heavy (non-hydrogen) atoms. The van der Waals surface area contributed by atoms with E-state index >= 15 is 0 Å². The van der Waals surface area contributed by atoms with Crippen LogP contribution in [0, 0.1) is 12.8 Å². The molecular weight excluding hydrogens is 323 g/mol. The number of hydrogen-bond acceptors (Lipinski definition) is 3. The van der Waals surface area contributed by atoms with Gasteiger partial charge in [-0.05, 0) is 31.9 Å². The summed E-state index contributed by atoms with van der Waals surface area (Å²) in [6, 6.07) is 7.30. The summed E-state index contributed by atoms with van der Waals surface area (Å²) in [5.41, 5.74) is 4.56. The summed E-state index contributed by atoms with van der Waals surface area (Å²) in [6.45, 7) is 1.82. The van der Waals surface area contributed by atoms with E-state index in [1.807, 2.05) is 25.1 Å². The first-order chi connectivity index (χ1) is 10.6. The normalized spacial score (nSPS) is 14.5. The molecule has 1 saturated carbocycles. The van der Waals surface area contributed by atoms with Crippen LogP contribution in [0.4, 0.5) is 0 Å². The van der Waals surface area contributed by atoms with Gasteiger partial charge in [-0.2, -0.15) is 10.2 Å². The number of nitrogens with zero attached hydrogens (tertiary/aromatic N) is 3. The Morgan fingerprint density at radius 3 is 2.82 bits per heavy atom. The first-order valence-corrected chi connectivity index (χ1v) is 7.66. The maximum absolute atomic E-state index is 11.5. The molecule has 1 heterocycles. The summed E-state index contributed by atoms with van der Waals surface area (Å²) in [6.07, 6.45) is 3.38. The first-order valence-electron chi connectivity index (χ1n) is 6.91. The van der Waals surface area contributed by atoms with E-state index in [1.54, 1.807) is 10.7 Å². The van der Waals surface area contributed by atoms with E-state index in [9.17, 15) is 4.79 Å². The molecule has 1 aromatic heterocycles. The number of rotatable bonds is 4. The molecule has 5 nitrogen and oxygen atoms in total. The zero-order valence-corrected chi connectivity index (χ0v) is 13.4. The highest BCUT2D eigenvalue weighted by molar-refractivity contribution is 6.34.